The third kappa shape index (κ3) is 3.26. The van der Waals surface area contributed by atoms with Crippen molar-refractivity contribution in [2.24, 2.45) is 0 Å². The number of amides is 1. The minimum atomic E-state index is -4.95. The highest BCUT2D eigenvalue weighted by Gasteiger charge is 2.58. The number of hydrogen-bond donors (Lipinski definition) is 0. The summed E-state index contributed by atoms with van der Waals surface area (Å²) >= 11 is 0. The molecule has 0 radical (unpaired) electrons. The second kappa shape index (κ2) is 7.25. The topological polar surface area (TPSA) is 73.5 Å². The van der Waals surface area contributed by atoms with Crippen molar-refractivity contribution in [3.63, 3.8) is 0 Å². The Morgan fingerprint density at radius 3 is 2.41 bits per heavy atom. The van der Waals surface area contributed by atoms with Gasteiger partial charge in [0, 0.05) is 31.5 Å². The van der Waals surface area contributed by atoms with Crippen LogP contribution in [0.5, 0.6) is 5.75 Å². The Balaban J connectivity index is 1.96. The van der Waals surface area contributed by atoms with E-state index in [2.05, 4.69) is 5.92 Å². The van der Waals surface area contributed by atoms with Crippen LogP contribution in [0.15, 0.2) is 27.8 Å². The number of terminal acetylenes is 1. The molecule has 1 aliphatic carbocycles. The van der Waals surface area contributed by atoms with Gasteiger partial charge in [-0.15, -0.1) is 6.42 Å². The fraction of sp³-hybridized carbons (Fsp3) is 0.381. The molecule has 0 saturated heterocycles. The number of hydrogen-bond acceptors (Lipinski definition) is 4. The van der Waals surface area contributed by atoms with Gasteiger partial charge in [0.2, 0.25) is 0 Å². The molecule has 168 valence electrons. The summed E-state index contributed by atoms with van der Waals surface area (Å²) in [5.74, 6) is 0.797. The predicted molar refractivity (Wildman–Crippen MR) is 105 cm³/mol. The van der Waals surface area contributed by atoms with Gasteiger partial charge in [-0.05, 0) is 12.5 Å². The maximum Gasteiger partial charge on any atom is 0.431 e. The van der Waals surface area contributed by atoms with Crippen LogP contribution in [0.3, 0.4) is 0 Å². The molecular formula is C21H17F4N3O4. The van der Waals surface area contributed by atoms with E-state index in [1.54, 1.807) is 6.92 Å². The van der Waals surface area contributed by atoms with Gasteiger partial charge in [-0.1, -0.05) is 12.8 Å². The monoisotopic (exact) mass is 451 g/mol. The maximum atomic E-state index is 15.0. The van der Waals surface area contributed by atoms with E-state index >= 15 is 4.39 Å². The van der Waals surface area contributed by atoms with E-state index in [1.807, 2.05) is 0 Å². The largest absolute Gasteiger partial charge is 0.475 e. The number of ether oxygens (including phenoxy) is 1. The number of nitrogens with zero attached hydrogens (tertiary/aromatic N) is 3. The van der Waals surface area contributed by atoms with Gasteiger partial charge in [-0.2, -0.15) is 13.2 Å². The van der Waals surface area contributed by atoms with Crippen molar-refractivity contribution in [1.29, 1.82) is 0 Å². The van der Waals surface area contributed by atoms with Crippen molar-refractivity contribution >= 4 is 11.6 Å². The minimum Gasteiger partial charge on any atom is -0.475 e. The van der Waals surface area contributed by atoms with E-state index in [-0.39, 0.29) is 37.0 Å². The van der Waals surface area contributed by atoms with Crippen molar-refractivity contribution in [3.8, 4) is 23.8 Å². The summed E-state index contributed by atoms with van der Waals surface area (Å²) in [5.41, 5.74) is -5.84. The number of halogens is 4. The molecule has 0 N–H and O–H groups in total. The first-order valence-electron chi connectivity index (χ1n) is 9.76. The van der Waals surface area contributed by atoms with E-state index < -0.39 is 46.1 Å². The van der Waals surface area contributed by atoms with Crippen LogP contribution in [0, 0.1) is 18.2 Å². The Morgan fingerprint density at radius 1 is 1.16 bits per heavy atom. The van der Waals surface area contributed by atoms with Gasteiger partial charge >= 0.3 is 11.9 Å². The summed E-state index contributed by atoms with van der Waals surface area (Å²) in [4.78, 5) is 39.3. The molecule has 1 aromatic carbocycles. The molecule has 0 unspecified atom stereocenters. The van der Waals surface area contributed by atoms with Crippen molar-refractivity contribution in [3.05, 3.63) is 50.5 Å². The highest BCUT2D eigenvalue weighted by atomic mass is 19.4. The second-order valence-electron chi connectivity index (χ2n) is 7.60. The molecule has 2 aromatic rings. The Hall–Kier alpha value is -3.55. The summed E-state index contributed by atoms with van der Waals surface area (Å²) in [6, 6.07) is 2.16. The molecule has 1 aliphatic heterocycles. The number of aromatic nitrogens is 2. The van der Waals surface area contributed by atoms with Gasteiger partial charge < -0.3 is 4.74 Å². The number of carbonyl (C=O) groups excluding carboxylic acids is 1. The van der Waals surface area contributed by atoms with Crippen LogP contribution in [-0.2, 0) is 17.5 Å². The van der Waals surface area contributed by atoms with Crippen LogP contribution < -0.4 is 20.9 Å². The van der Waals surface area contributed by atoms with Gasteiger partial charge in [0.05, 0.1) is 17.9 Å². The van der Waals surface area contributed by atoms with Crippen molar-refractivity contribution < 1.29 is 27.1 Å². The zero-order valence-corrected chi connectivity index (χ0v) is 16.8. The standard InChI is InChI=1S/C21H17F4N3O4/c1-3-7-26-14-10-13(12(22)9-15(14)32-20(5-6-20)18(26)30)28-17(29)11-16(21(23,24)25)27(8-4-2)19(28)31/h1,9-11H,4-8H2,2H3. The van der Waals surface area contributed by atoms with E-state index in [0.29, 0.717) is 22.0 Å². The minimum absolute atomic E-state index is 0.00700. The zero-order chi connectivity index (χ0) is 23.4. The third-order valence-corrected chi connectivity index (χ3v) is 5.39. The summed E-state index contributed by atoms with van der Waals surface area (Å²) in [6.07, 6.45) is 1.41. The molecule has 0 atom stereocenters. The average molecular weight is 451 g/mol. The highest BCUT2D eigenvalue weighted by molar-refractivity contribution is 6.05. The molecule has 7 nitrogen and oxygen atoms in total. The first kappa shape index (κ1) is 21.7. The van der Waals surface area contributed by atoms with Crippen molar-refractivity contribution in [2.45, 2.75) is 44.5 Å². The molecule has 1 spiro atoms. The SMILES string of the molecule is C#CCN1C(=O)C2(CC2)Oc2cc(F)c(-n3c(=O)cc(C(F)(F)F)n(CCC)c3=O)cc21. The van der Waals surface area contributed by atoms with Crippen LogP contribution in [0.1, 0.15) is 31.9 Å². The Kier molecular flexibility index (Phi) is 4.91. The summed E-state index contributed by atoms with van der Waals surface area (Å²) in [5, 5.41) is 0. The average Bonchev–Trinajstić information content (AvgIpc) is 3.48. The van der Waals surface area contributed by atoms with Crippen LogP contribution in [-0.4, -0.2) is 27.2 Å². The molecule has 1 aromatic heterocycles. The maximum absolute atomic E-state index is 15.0. The Labute approximate surface area is 178 Å². The molecule has 1 saturated carbocycles. The quantitative estimate of drug-likeness (QED) is 0.529. The lowest BCUT2D eigenvalue weighted by Crippen LogP contribution is -2.48. The lowest BCUT2D eigenvalue weighted by atomic mass is 10.1. The predicted octanol–water partition coefficient (Wildman–Crippen LogP) is 2.46. The summed E-state index contributed by atoms with van der Waals surface area (Å²) in [7, 11) is 0. The van der Waals surface area contributed by atoms with Crippen LogP contribution in [0.2, 0.25) is 0 Å². The van der Waals surface area contributed by atoms with E-state index in [4.69, 9.17) is 11.2 Å². The Bertz CT molecular complexity index is 1280. The molecule has 0 bridgehead atoms. The van der Waals surface area contributed by atoms with E-state index in [0.717, 1.165) is 12.1 Å². The number of fused-ring (bicyclic) bond motifs is 1. The fourth-order valence-corrected chi connectivity index (χ4v) is 3.76. The van der Waals surface area contributed by atoms with Gasteiger partial charge in [0.15, 0.2) is 11.4 Å². The van der Waals surface area contributed by atoms with E-state index in [9.17, 15) is 27.6 Å². The highest BCUT2D eigenvalue weighted by Crippen LogP contribution is 2.49. The van der Waals surface area contributed by atoms with Crippen molar-refractivity contribution in [1.82, 2.24) is 9.13 Å². The normalized spacial score (nSPS) is 16.5. The van der Waals surface area contributed by atoms with E-state index in [1.165, 1.54) is 4.90 Å². The van der Waals surface area contributed by atoms with Crippen LogP contribution in [0.4, 0.5) is 23.2 Å². The molecule has 11 heteroatoms. The lowest BCUT2D eigenvalue weighted by Gasteiger charge is -2.34. The summed E-state index contributed by atoms with van der Waals surface area (Å²) in [6.45, 7) is 1.04. The molecule has 32 heavy (non-hydrogen) atoms. The van der Waals surface area contributed by atoms with Gasteiger partial charge in [0.25, 0.3) is 11.5 Å². The Morgan fingerprint density at radius 2 is 1.84 bits per heavy atom. The van der Waals surface area contributed by atoms with Gasteiger partial charge in [-0.3, -0.25) is 19.1 Å². The number of benzene rings is 1. The smallest absolute Gasteiger partial charge is 0.431 e. The first-order valence-corrected chi connectivity index (χ1v) is 9.76. The van der Waals surface area contributed by atoms with Crippen LogP contribution >= 0.6 is 0 Å². The second-order valence-corrected chi connectivity index (χ2v) is 7.60. The molecule has 2 aliphatic rings. The number of anilines is 1. The zero-order valence-electron chi connectivity index (χ0n) is 16.8. The fourth-order valence-electron chi connectivity index (χ4n) is 3.76. The number of carbonyl (C=O) groups is 1. The van der Waals surface area contributed by atoms with Crippen molar-refractivity contribution in [2.75, 3.05) is 11.4 Å². The molecule has 4 rings (SSSR count). The molecular weight excluding hydrogens is 434 g/mol. The summed E-state index contributed by atoms with van der Waals surface area (Å²) < 4.78 is 61.4. The number of rotatable bonds is 4. The third-order valence-electron chi connectivity index (χ3n) is 5.39. The molecule has 1 fully saturated rings. The van der Waals surface area contributed by atoms with Gasteiger partial charge in [-0.25, -0.2) is 13.8 Å². The molecule has 1 amide bonds. The first-order chi connectivity index (χ1) is 15.0. The van der Waals surface area contributed by atoms with Crippen LogP contribution in [0.25, 0.3) is 5.69 Å². The number of alkyl halides is 3. The molecule has 2 heterocycles. The van der Waals surface area contributed by atoms with Gasteiger partial charge in [0.1, 0.15) is 11.4 Å². The lowest BCUT2D eigenvalue weighted by molar-refractivity contribution is -0.144.